The third kappa shape index (κ3) is 3.95. The number of hydrogen-bond donors (Lipinski definition) is 0. The number of carbonyl (C=O) groups excluding carboxylic acids is 2. The van der Waals surface area contributed by atoms with E-state index >= 15 is 0 Å². The van der Waals surface area contributed by atoms with E-state index < -0.39 is 5.54 Å². The summed E-state index contributed by atoms with van der Waals surface area (Å²) in [5.41, 5.74) is 0.383. The molecule has 0 bridgehead atoms. The van der Waals surface area contributed by atoms with Crippen LogP contribution in [0.1, 0.15) is 41.5 Å². The molecule has 126 valence electrons. The highest BCUT2D eigenvalue weighted by atomic mass is 35.5. The van der Waals surface area contributed by atoms with Crippen molar-refractivity contribution in [2.24, 2.45) is 0 Å². The molecule has 24 heavy (non-hydrogen) atoms. The maximum Gasteiger partial charge on any atom is 0.272 e. The minimum atomic E-state index is -0.574. The molecule has 5 heteroatoms. The third-order valence-electron chi connectivity index (χ3n) is 3.51. The summed E-state index contributed by atoms with van der Waals surface area (Å²) in [6, 6.07) is 15.6. The molecule has 0 saturated heterocycles. The van der Waals surface area contributed by atoms with Crippen molar-refractivity contribution in [3.8, 4) is 0 Å². The Morgan fingerprint density at radius 2 is 1.46 bits per heavy atom. The molecule has 0 heterocycles. The van der Waals surface area contributed by atoms with Gasteiger partial charge in [0.05, 0.1) is 5.54 Å². The largest absolute Gasteiger partial charge is 0.272 e. The van der Waals surface area contributed by atoms with Gasteiger partial charge in [-0.3, -0.25) is 9.59 Å². The van der Waals surface area contributed by atoms with Crippen LogP contribution in [0.3, 0.4) is 0 Å². The normalized spacial score (nSPS) is 11.0. The van der Waals surface area contributed by atoms with Gasteiger partial charge in [-0.15, -0.1) is 0 Å². The molecule has 0 spiro atoms. The molecule has 0 aliphatic carbocycles. The average molecular weight is 345 g/mol. The van der Waals surface area contributed by atoms with Gasteiger partial charge in [0.15, 0.2) is 0 Å². The standard InChI is InChI=1S/C19H21ClN2O2/c1-19(2,3)22(18(24)14-9-6-5-7-10-14)21(4)17(23)15-11-8-12-16(20)13-15/h5-13H,1-4H3. The van der Waals surface area contributed by atoms with Crippen molar-refractivity contribution >= 4 is 23.4 Å². The summed E-state index contributed by atoms with van der Waals surface area (Å²) in [7, 11) is 1.59. The van der Waals surface area contributed by atoms with Gasteiger partial charge in [0.2, 0.25) is 0 Å². The molecular weight excluding hydrogens is 324 g/mol. The second kappa shape index (κ2) is 7.05. The molecule has 4 nitrogen and oxygen atoms in total. The molecule has 2 rings (SSSR count). The smallest absolute Gasteiger partial charge is 0.267 e. The number of hydrogen-bond acceptors (Lipinski definition) is 2. The number of benzene rings is 2. The summed E-state index contributed by atoms with van der Waals surface area (Å²) in [5.74, 6) is -0.530. The number of carbonyl (C=O) groups is 2. The maximum atomic E-state index is 12.9. The first kappa shape index (κ1) is 18.0. The molecular formula is C19H21ClN2O2. The van der Waals surface area contributed by atoms with Gasteiger partial charge in [0.25, 0.3) is 11.8 Å². The molecule has 2 aromatic rings. The van der Waals surface area contributed by atoms with Gasteiger partial charge in [0, 0.05) is 23.2 Å². The summed E-state index contributed by atoms with van der Waals surface area (Å²) in [6.07, 6.45) is 0. The Bertz CT molecular complexity index is 739. The van der Waals surface area contributed by atoms with Crippen LogP contribution in [0.5, 0.6) is 0 Å². The van der Waals surface area contributed by atoms with E-state index in [0.29, 0.717) is 16.1 Å². The fourth-order valence-corrected chi connectivity index (χ4v) is 2.68. The Kier molecular flexibility index (Phi) is 5.30. The Hall–Kier alpha value is -2.33. The Morgan fingerprint density at radius 3 is 2.00 bits per heavy atom. The number of amides is 2. The zero-order valence-electron chi connectivity index (χ0n) is 14.3. The summed E-state index contributed by atoms with van der Waals surface area (Å²) >= 11 is 5.97. The first-order chi connectivity index (χ1) is 11.2. The van der Waals surface area contributed by atoms with Gasteiger partial charge in [-0.25, -0.2) is 10.0 Å². The Labute approximate surface area is 147 Å². The first-order valence-corrected chi connectivity index (χ1v) is 8.03. The SMILES string of the molecule is CN(C(=O)c1cccc(Cl)c1)N(C(=O)c1ccccc1)C(C)(C)C. The summed E-state index contributed by atoms with van der Waals surface area (Å²) in [5, 5.41) is 3.29. The second-order valence-corrected chi connectivity index (χ2v) is 6.93. The highest BCUT2D eigenvalue weighted by Gasteiger charge is 2.33. The lowest BCUT2D eigenvalue weighted by molar-refractivity contribution is -0.0308. The molecule has 0 atom stereocenters. The fraction of sp³-hybridized carbons (Fsp3) is 0.263. The molecule has 2 aromatic carbocycles. The number of rotatable bonds is 2. The van der Waals surface area contributed by atoms with Crippen molar-refractivity contribution in [1.82, 2.24) is 10.0 Å². The minimum absolute atomic E-state index is 0.235. The van der Waals surface area contributed by atoms with Gasteiger partial charge >= 0.3 is 0 Å². The van der Waals surface area contributed by atoms with Gasteiger partial charge in [-0.05, 0) is 51.1 Å². The van der Waals surface area contributed by atoms with E-state index in [0.717, 1.165) is 0 Å². The van der Waals surface area contributed by atoms with E-state index in [2.05, 4.69) is 0 Å². The predicted octanol–water partition coefficient (Wildman–Crippen LogP) is 4.27. The number of halogens is 1. The zero-order valence-corrected chi connectivity index (χ0v) is 15.0. The molecule has 0 unspecified atom stereocenters. The van der Waals surface area contributed by atoms with Crippen molar-refractivity contribution < 1.29 is 9.59 Å². The highest BCUT2D eigenvalue weighted by molar-refractivity contribution is 6.30. The Balaban J connectivity index is 2.38. The lowest BCUT2D eigenvalue weighted by atomic mass is 10.1. The van der Waals surface area contributed by atoms with Crippen LogP contribution in [0.25, 0.3) is 0 Å². The van der Waals surface area contributed by atoms with E-state index in [1.54, 1.807) is 55.6 Å². The van der Waals surface area contributed by atoms with Gasteiger partial charge in [-0.1, -0.05) is 35.9 Å². The molecule has 0 aliphatic rings. The van der Waals surface area contributed by atoms with Crippen LogP contribution in [0.15, 0.2) is 54.6 Å². The quantitative estimate of drug-likeness (QED) is 0.763. The number of hydrazine groups is 1. The second-order valence-electron chi connectivity index (χ2n) is 6.49. The summed E-state index contributed by atoms with van der Waals surface area (Å²) in [6.45, 7) is 5.65. The van der Waals surface area contributed by atoms with Crippen LogP contribution in [0.2, 0.25) is 5.02 Å². The van der Waals surface area contributed by atoms with Crippen LogP contribution in [0, 0.1) is 0 Å². The van der Waals surface area contributed by atoms with Crippen LogP contribution in [-0.2, 0) is 0 Å². The molecule has 2 amide bonds. The zero-order chi connectivity index (χ0) is 17.9. The summed E-state index contributed by atoms with van der Waals surface area (Å²) < 4.78 is 0. The van der Waals surface area contributed by atoms with E-state index in [-0.39, 0.29) is 11.8 Å². The van der Waals surface area contributed by atoms with Crippen LogP contribution in [0.4, 0.5) is 0 Å². The van der Waals surface area contributed by atoms with E-state index in [9.17, 15) is 9.59 Å². The fourth-order valence-electron chi connectivity index (χ4n) is 2.49. The number of nitrogens with zero attached hydrogens (tertiary/aromatic N) is 2. The van der Waals surface area contributed by atoms with Crippen molar-refractivity contribution in [1.29, 1.82) is 0 Å². The van der Waals surface area contributed by atoms with Gasteiger partial charge in [0.1, 0.15) is 0 Å². The molecule has 0 radical (unpaired) electrons. The maximum absolute atomic E-state index is 12.9. The van der Waals surface area contributed by atoms with Crippen molar-refractivity contribution in [2.45, 2.75) is 26.3 Å². The van der Waals surface area contributed by atoms with Gasteiger partial charge < -0.3 is 0 Å². The van der Waals surface area contributed by atoms with E-state index in [1.807, 2.05) is 26.8 Å². The van der Waals surface area contributed by atoms with Crippen LogP contribution in [-0.4, -0.2) is 34.4 Å². The first-order valence-electron chi connectivity index (χ1n) is 7.65. The topological polar surface area (TPSA) is 40.6 Å². The Morgan fingerprint density at radius 1 is 0.875 bits per heavy atom. The lowest BCUT2D eigenvalue weighted by Gasteiger charge is -2.41. The minimum Gasteiger partial charge on any atom is -0.267 e. The average Bonchev–Trinajstić information content (AvgIpc) is 2.53. The molecule has 0 fully saturated rings. The van der Waals surface area contributed by atoms with Crippen LogP contribution >= 0.6 is 11.6 Å². The van der Waals surface area contributed by atoms with Crippen molar-refractivity contribution in [3.05, 3.63) is 70.7 Å². The van der Waals surface area contributed by atoms with Gasteiger partial charge in [-0.2, -0.15) is 0 Å². The third-order valence-corrected chi connectivity index (χ3v) is 3.75. The molecule has 0 aromatic heterocycles. The monoisotopic (exact) mass is 344 g/mol. The predicted molar refractivity (Wildman–Crippen MR) is 95.9 cm³/mol. The summed E-state index contributed by atoms with van der Waals surface area (Å²) in [4.78, 5) is 25.7. The lowest BCUT2D eigenvalue weighted by Crippen LogP contribution is -2.56. The van der Waals surface area contributed by atoms with Crippen molar-refractivity contribution in [3.63, 3.8) is 0 Å². The highest BCUT2D eigenvalue weighted by Crippen LogP contribution is 2.22. The molecule has 0 saturated carbocycles. The van der Waals surface area contributed by atoms with E-state index in [1.165, 1.54) is 10.0 Å². The van der Waals surface area contributed by atoms with Crippen LogP contribution < -0.4 is 0 Å². The molecule has 0 aliphatic heterocycles. The van der Waals surface area contributed by atoms with E-state index in [4.69, 9.17) is 11.6 Å². The molecule has 0 N–H and O–H groups in total. The van der Waals surface area contributed by atoms with Crippen molar-refractivity contribution in [2.75, 3.05) is 7.05 Å².